The minimum absolute atomic E-state index is 0.0373. The standard InChI is InChI=1S/C19H18NO4P/c1-12-8-15-10-23-25(22,24-11-16(15)9-13(12)2)18-7-6-14-4-3-5-17(21)19(14)20-18/h3-9,21H,10-11H2,1-2H3. The van der Waals surface area contributed by atoms with Crippen molar-refractivity contribution in [2.75, 3.05) is 0 Å². The summed E-state index contributed by atoms with van der Waals surface area (Å²) < 4.78 is 24.6. The fraction of sp³-hybridized carbons (Fsp3) is 0.211. The highest BCUT2D eigenvalue weighted by Gasteiger charge is 2.33. The molecule has 1 aliphatic rings. The smallest absolute Gasteiger partial charge is 0.380 e. The van der Waals surface area contributed by atoms with Gasteiger partial charge in [0.15, 0.2) is 5.44 Å². The number of hydrogen-bond donors (Lipinski definition) is 1. The molecule has 1 aromatic heterocycles. The lowest BCUT2D eigenvalue weighted by Gasteiger charge is -2.15. The molecule has 4 rings (SSSR count). The van der Waals surface area contributed by atoms with Gasteiger partial charge in [-0.1, -0.05) is 30.3 Å². The molecule has 0 atom stereocenters. The first-order valence-corrected chi connectivity index (χ1v) is 9.58. The molecule has 0 radical (unpaired) electrons. The number of aromatic nitrogens is 1. The van der Waals surface area contributed by atoms with Crippen LogP contribution >= 0.6 is 7.60 Å². The Kier molecular flexibility index (Phi) is 3.88. The van der Waals surface area contributed by atoms with E-state index in [1.165, 1.54) is 0 Å². The number of nitrogens with zero attached hydrogens (tertiary/aromatic N) is 1. The van der Waals surface area contributed by atoms with Crippen LogP contribution in [0.4, 0.5) is 0 Å². The first kappa shape index (κ1) is 16.3. The zero-order valence-corrected chi connectivity index (χ0v) is 14.9. The molecule has 1 N–H and O–H groups in total. The maximum atomic E-state index is 13.3. The number of aromatic hydroxyl groups is 1. The van der Waals surface area contributed by atoms with Crippen molar-refractivity contribution in [1.82, 2.24) is 4.98 Å². The molecule has 0 saturated heterocycles. The SMILES string of the molecule is Cc1cc2c(cc1C)COP(=O)(c1ccc3cccc(O)c3n1)OC2. The van der Waals surface area contributed by atoms with E-state index in [0.29, 0.717) is 5.52 Å². The second-order valence-electron chi connectivity index (χ2n) is 6.27. The normalized spacial score (nSPS) is 16.4. The second-order valence-corrected chi connectivity index (χ2v) is 8.24. The lowest BCUT2D eigenvalue weighted by molar-refractivity contribution is 0.215. The zero-order chi connectivity index (χ0) is 17.6. The van der Waals surface area contributed by atoms with Gasteiger partial charge in [0.2, 0.25) is 0 Å². The minimum atomic E-state index is -3.57. The van der Waals surface area contributed by atoms with Gasteiger partial charge in [0.05, 0.1) is 13.2 Å². The first-order valence-electron chi connectivity index (χ1n) is 8.04. The van der Waals surface area contributed by atoms with Crippen LogP contribution in [0.3, 0.4) is 0 Å². The van der Waals surface area contributed by atoms with Crippen LogP contribution in [0.25, 0.3) is 10.9 Å². The molecule has 25 heavy (non-hydrogen) atoms. The molecule has 3 aromatic rings. The van der Waals surface area contributed by atoms with Crippen LogP contribution in [0.5, 0.6) is 5.75 Å². The molecule has 0 amide bonds. The van der Waals surface area contributed by atoms with Crippen molar-refractivity contribution in [3.63, 3.8) is 0 Å². The van der Waals surface area contributed by atoms with E-state index in [1.807, 2.05) is 32.0 Å². The molecule has 128 valence electrons. The van der Waals surface area contributed by atoms with Crippen molar-refractivity contribution in [1.29, 1.82) is 0 Å². The molecule has 6 heteroatoms. The van der Waals surface area contributed by atoms with Gasteiger partial charge in [0.25, 0.3) is 0 Å². The van der Waals surface area contributed by atoms with E-state index < -0.39 is 7.60 Å². The van der Waals surface area contributed by atoms with Crippen LogP contribution in [0, 0.1) is 13.8 Å². The Morgan fingerprint density at radius 1 is 1.00 bits per heavy atom. The average molecular weight is 355 g/mol. The Labute approximate surface area is 145 Å². The predicted molar refractivity (Wildman–Crippen MR) is 96.1 cm³/mol. The van der Waals surface area contributed by atoms with Crippen LogP contribution in [0.1, 0.15) is 22.3 Å². The van der Waals surface area contributed by atoms with Gasteiger partial charge >= 0.3 is 7.60 Å². The van der Waals surface area contributed by atoms with Gasteiger partial charge in [-0.25, -0.2) is 4.98 Å². The Bertz CT molecular complexity index is 994. The summed E-state index contributed by atoms with van der Waals surface area (Å²) >= 11 is 0. The molecule has 0 bridgehead atoms. The van der Waals surface area contributed by atoms with Crippen molar-refractivity contribution in [3.8, 4) is 5.75 Å². The molecular weight excluding hydrogens is 337 g/mol. The molecule has 5 nitrogen and oxygen atoms in total. The van der Waals surface area contributed by atoms with Crippen LogP contribution in [0.2, 0.25) is 0 Å². The molecule has 0 aliphatic carbocycles. The molecule has 0 saturated carbocycles. The summed E-state index contributed by atoms with van der Waals surface area (Å²) in [7, 11) is -3.57. The van der Waals surface area contributed by atoms with E-state index in [2.05, 4.69) is 4.98 Å². The Balaban J connectivity index is 1.74. The number of rotatable bonds is 1. The predicted octanol–water partition coefficient (Wildman–Crippen LogP) is 4.12. The van der Waals surface area contributed by atoms with Crippen molar-refractivity contribution < 1.29 is 18.7 Å². The van der Waals surface area contributed by atoms with Gasteiger partial charge in [0.1, 0.15) is 11.3 Å². The highest BCUT2D eigenvalue weighted by molar-refractivity contribution is 7.61. The second kappa shape index (κ2) is 5.95. The fourth-order valence-electron chi connectivity index (χ4n) is 2.96. The van der Waals surface area contributed by atoms with E-state index in [9.17, 15) is 9.67 Å². The van der Waals surface area contributed by atoms with Crippen molar-refractivity contribution >= 4 is 23.9 Å². The van der Waals surface area contributed by atoms with Crippen molar-refractivity contribution in [2.24, 2.45) is 0 Å². The first-order chi connectivity index (χ1) is 12.0. The maximum Gasteiger partial charge on any atom is 0.380 e. The summed E-state index contributed by atoms with van der Waals surface area (Å²) in [6.07, 6.45) is 0. The van der Waals surface area contributed by atoms with Crippen LogP contribution in [-0.4, -0.2) is 10.1 Å². The molecule has 0 spiro atoms. The van der Waals surface area contributed by atoms with Gasteiger partial charge in [-0.2, -0.15) is 0 Å². The van der Waals surface area contributed by atoms with Crippen LogP contribution in [0.15, 0.2) is 42.5 Å². The summed E-state index contributed by atoms with van der Waals surface area (Å²) in [6.45, 7) is 4.48. The lowest BCUT2D eigenvalue weighted by atomic mass is 10.0. The van der Waals surface area contributed by atoms with E-state index >= 15 is 0 Å². The zero-order valence-electron chi connectivity index (χ0n) is 14.0. The van der Waals surface area contributed by atoms with Gasteiger partial charge < -0.3 is 5.11 Å². The number of fused-ring (bicyclic) bond motifs is 2. The van der Waals surface area contributed by atoms with Crippen LogP contribution < -0.4 is 5.44 Å². The highest BCUT2D eigenvalue weighted by Crippen LogP contribution is 2.50. The molecule has 0 fully saturated rings. The van der Waals surface area contributed by atoms with Gasteiger partial charge in [-0.3, -0.25) is 13.6 Å². The van der Waals surface area contributed by atoms with Gasteiger partial charge in [-0.15, -0.1) is 0 Å². The Hall–Kier alpha value is -2.20. The number of para-hydroxylation sites is 1. The lowest BCUT2D eigenvalue weighted by Crippen LogP contribution is -2.12. The highest BCUT2D eigenvalue weighted by atomic mass is 31.2. The quantitative estimate of drug-likeness (QED) is 0.665. The Morgan fingerprint density at radius 3 is 2.28 bits per heavy atom. The van der Waals surface area contributed by atoms with Crippen molar-refractivity contribution in [2.45, 2.75) is 27.1 Å². The molecule has 0 unspecified atom stereocenters. The number of phenols is 1. The Morgan fingerprint density at radius 2 is 1.64 bits per heavy atom. The summed E-state index contributed by atoms with van der Waals surface area (Å²) in [4.78, 5) is 4.35. The molecule has 2 heterocycles. The van der Waals surface area contributed by atoms with E-state index in [0.717, 1.165) is 27.6 Å². The molecule has 2 aromatic carbocycles. The maximum absolute atomic E-state index is 13.3. The third kappa shape index (κ3) is 2.85. The third-order valence-electron chi connectivity index (χ3n) is 4.56. The summed E-state index contributed by atoms with van der Waals surface area (Å²) in [5, 5.41) is 10.8. The number of hydrogen-bond acceptors (Lipinski definition) is 5. The molecule has 1 aliphatic heterocycles. The van der Waals surface area contributed by atoms with E-state index in [4.69, 9.17) is 9.05 Å². The fourth-order valence-corrected chi connectivity index (χ4v) is 4.39. The number of phenolic OH excluding ortho intramolecular Hbond substituents is 1. The number of aryl methyl sites for hydroxylation is 2. The average Bonchev–Trinajstić information content (AvgIpc) is 2.76. The monoisotopic (exact) mass is 355 g/mol. The third-order valence-corrected chi connectivity index (χ3v) is 6.31. The van der Waals surface area contributed by atoms with Gasteiger partial charge in [0, 0.05) is 5.39 Å². The van der Waals surface area contributed by atoms with Crippen LogP contribution in [-0.2, 0) is 26.8 Å². The number of pyridine rings is 1. The minimum Gasteiger partial charge on any atom is -0.506 e. The summed E-state index contributed by atoms with van der Waals surface area (Å²) in [5.41, 5.74) is 4.87. The number of benzene rings is 2. The molecular formula is C19H18NO4P. The van der Waals surface area contributed by atoms with E-state index in [1.54, 1.807) is 24.3 Å². The summed E-state index contributed by atoms with van der Waals surface area (Å²) in [6, 6.07) is 12.6. The van der Waals surface area contributed by atoms with Crippen molar-refractivity contribution in [3.05, 3.63) is 64.7 Å². The summed E-state index contributed by atoms with van der Waals surface area (Å²) in [5.74, 6) is 0.0373. The van der Waals surface area contributed by atoms with E-state index in [-0.39, 0.29) is 24.4 Å². The largest absolute Gasteiger partial charge is 0.506 e. The topological polar surface area (TPSA) is 68.7 Å². The van der Waals surface area contributed by atoms with Gasteiger partial charge in [-0.05, 0) is 48.2 Å².